The van der Waals surface area contributed by atoms with Crippen molar-refractivity contribution in [2.24, 2.45) is 0 Å². The largest absolute Gasteiger partial charge is 0.497 e. The van der Waals surface area contributed by atoms with Gasteiger partial charge in [0.2, 0.25) is 0 Å². The third-order valence-electron chi connectivity index (χ3n) is 4.31. The van der Waals surface area contributed by atoms with Gasteiger partial charge in [-0.2, -0.15) is 0 Å². The van der Waals surface area contributed by atoms with E-state index >= 15 is 0 Å². The van der Waals surface area contributed by atoms with Crippen LogP contribution >= 0.6 is 0 Å². The van der Waals surface area contributed by atoms with Gasteiger partial charge in [0, 0.05) is 35.2 Å². The van der Waals surface area contributed by atoms with Crippen LogP contribution in [0.2, 0.25) is 0 Å². The Bertz CT molecular complexity index is 1080. The number of methoxy groups -OCH3 is 4. The predicted molar refractivity (Wildman–Crippen MR) is 107 cm³/mol. The van der Waals surface area contributed by atoms with Gasteiger partial charge in [0.05, 0.1) is 40.7 Å². The fourth-order valence-electron chi connectivity index (χ4n) is 2.95. The second kappa shape index (κ2) is 11.0. The first kappa shape index (κ1) is 25.2. The number of hydrogen-bond acceptors (Lipinski definition) is 8. The van der Waals surface area contributed by atoms with E-state index < -0.39 is 10.2 Å². The summed E-state index contributed by atoms with van der Waals surface area (Å²) in [6.45, 7) is 1.92. The molecule has 32 heavy (non-hydrogen) atoms. The van der Waals surface area contributed by atoms with E-state index in [0.29, 0.717) is 11.5 Å². The molecule has 0 saturated carbocycles. The van der Waals surface area contributed by atoms with Crippen LogP contribution in [0.4, 0.5) is 0 Å². The topological polar surface area (TPSA) is 140 Å². The maximum atomic E-state index is 8.49. The second-order valence-electron chi connectivity index (χ2n) is 6.33. The fraction of sp³-hybridized carbons (Fsp3) is 0.227. The fourth-order valence-corrected chi connectivity index (χ4v) is 2.95. The summed E-state index contributed by atoms with van der Waals surface area (Å²) >= 11 is 0. The minimum atomic E-state index is -4.94. The van der Waals surface area contributed by atoms with Crippen molar-refractivity contribution in [3.8, 4) is 23.0 Å². The zero-order valence-electron chi connectivity index (χ0n) is 18.2. The number of rotatable bonds is 6. The molecule has 0 saturated heterocycles. The molecule has 0 atom stereocenters. The van der Waals surface area contributed by atoms with Crippen molar-refractivity contribution in [1.82, 2.24) is 0 Å². The van der Waals surface area contributed by atoms with Gasteiger partial charge >= 0.3 is 11.5 Å². The van der Waals surface area contributed by atoms with Gasteiger partial charge in [0.1, 0.15) is 11.5 Å². The maximum Gasteiger partial charge on any atom is 0.360 e. The first-order valence-corrected chi connectivity index (χ1v) is 10.3. The third-order valence-corrected chi connectivity index (χ3v) is 4.31. The molecule has 1 aromatic heterocycles. The Hall–Kier alpha value is -3.08. The molecular weight excluding hydrogens is 444 g/mol. The lowest BCUT2D eigenvalue weighted by Gasteiger charge is -2.17. The van der Waals surface area contributed by atoms with E-state index in [2.05, 4.69) is 0 Å². The lowest BCUT2D eigenvalue weighted by Crippen LogP contribution is -2.68. The highest BCUT2D eigenvalue weighted by Crippen LogP contribution is 2.35. The molecule has 0 radical (unpaired) electrons. The van der Waals surface area contributed by atoms with E-state index in [-0.39, 0.29) is 0 Å². The van der Waals surface area contributed by atoms with Gasteiger partial charge in [-0.25, -0.2) is 23.1 Å². The van der Waals surface area contributed by atoms with Gasteiger partial charge in [0.25, 0.3) is 0 Å². The Labute approximate surface area is 187 Å². The summed E-state index contributed by atoms with van der Waals surface area (Å²) in [6.07, 6.45) is 3.87. The van der Waals surface area contributed by atoms with Crippen LogP contribution in [0.1, 0.15) is 17.1 Å². The molecule has 0 spiro atoms. The van der Waals surface area contributed by atoms with Gasteiger partial charge in [-0.05, 0) is 24.3 Å². The molecule has 0 bridgehead atoms. The van der Waals surface area contributed by atoms with Gasteiger partial charge < -0.3 is 18.9 Å². The van der Waals surface area contributed by atoms with Gasteiger partial charge in [-0.15, -0.1) is 10.2 Å². The van der Waals surface area contributed by atoms with E-state index in [1.165, 1.54) is 0 Å². The van der Waals surface area contributed by atoms with Crippen LogP contribution in [0.3, 0.4) is 0 Å². The van der Waals surface area contributed by atoms with Crippen LogP contribution in [-0.2, 0) is 0 Å². The highest BCUT2D eigenvalue weighted by atomic mass is 35.7. The number of fused-ring (bicyclic) bond motifs is 1. The smallest absolute Gasteiger partial charge is 0.360 e. The molecule has 0 N–H and O–H groups in total. The number of hydrogen-bond donors (Lipinski definition) is 0. The van der Waals surface area contributed by atoms with Crippen LogP contribution in [0, 0.1) is 17.2 Å². The van der Waals surface area contributed by atoms with E-state index in [1.807, 2.05) is 55.5 Å². The summed E-state index contributed by atoms with van der Waals surface area (Å²) in [7, 11) is 1.56. The molecule has 3 rings (SSSR count). The van der Waals surface area contributed by atoms with Crippen molar-refractivity contribution < 1.29 is 52.2 Å². The Kier molecular flexibility index (Phi) is 8.64. The van der Waals surface area contributed by atoms with Crippen LogP contribution in [0.5, 0.6) is 23.0 Å². The summed E-state index contributed by atoms with van der Waals surface area (Å²) < 4.78 is 61.5. The molecule has 1 heterocycles. The minimum absolute atomic E-state index is 0.653. The predicted octanol–water partition coefficient (Wildman–Crippen LogP) is 0.471. The molecule has 0 aliphatic rings. The monoisotopic (exact) mass is 466 g/mol. The van der Waals surface area contributed by atoms with E-state index in [9.17, 15) is 0 Å². The molecule has 0 amide bonds. The summed E-state index contributed by atoms with van der Waals surface area (Å²) in [5.74, 6) is 4.33. The van der Waals surface area contributed by atoms with Crippen molar-refractivity contribution in [2.45, 2.75) is 6.92 Å². The number of ether oxygens (including phenoxy) is 4. The molecule has 10 heteroatoms. The Morgan fingerprint density at radius 3 is 1.91 bits per heavy atom. The average Bonchev–Trinajstić information content (AvgIpc) is 2.75. The van der Waals surface area contributed by atoms with Crippen molar-refractivity contribution >= 4 is 22.9 Å². The Balaban J connectivity index is 0.000000654. The summed E-state index contributed by atoms with van der Waals surface area (Å²) in [6, 6.07) is 11.5. The van der Waals surface area contributed by atoms with Crippen LogP contribution < -0.4 is 37.6 Å². The summed E-state index contributed by atoms with van der Waals surface area (Å²) in [5.41, 5.74) is 0.920. The van der Waals surface area contributed by atoms with E-state index in [4.69, 9.17) is 42.0 Å². The average molecular weight is 467 g/mol. The molecule has 9 nitrogen and oxygen atoms in total. The van der Waals surface area contributed by atoms with Crippen molar-refractivity contribution in [3.63, 3.8) is 0 Å². The highest BCUT2D eigenvalue weighted by molar-refractivity contribution is 5.93. The van der Waals surface area contributed by atoms with E-state index in [1.54, 1.807) is 28.4 Å². The summed E-state index contributed by atoms with van der Waals surface area (Å²) in [4.78, 5) is 0. The molecule has 3 aromatic rings. The summed E-state index contributed by atoms with van der Waals surface area (Å²) in [5, 5.41) is 1.94. The van der Waals surface area contributed by atoms with Gasteiger partial charge in [-0.3, -0.25) is 0 Å². The van der Waals surface area contributed by atoms with E-state index in [0.717, 1.165) is 39.4 Å². The highest BCUT2D eigenvalue weighted by Gasteiger charge is 2.18. The number of aryl methyl sites for hydroxylation is 1. The Morgan fingerprint density at radius 1 is 0.750 bits per heavy atom. The molecule has 0 unspecified atom stereocenters. The lowest BCUT2D eigenvalue weighted by atomic mass is 10.1. The SMILES string of the molecule is COc1ccc(/C=C/c2[o+]c(C)cc3cc(OC)c(OC)cc23)c(OC)c1.[O-][Cl+3]([O-])([O-])[O-]. The first-order valence-electron chi connectivity index (χ1n) is 9.11. The van der Waals surface area contributed by atoms with Crippen molar-refractivity contribution in [2.75, 3.05) is 28.4 Å². The van der Waals surface area contributed by atoms with Crippen molar-refractivity contribution in [1.29, 1.82) is 0 Å². The van der Waals surface area contributed by atoms with Crippen LogP contribution in [0.15, 0.2) is 40.8 Å². The number of halogens is 1. The van der Waals surface area contributed by atoms with Crippen LogP contribution in [-0.4, -0.2) is 28.4 Å². The van der Waals surface area contributed by atoms with Crippen molar-refractivity contribution in [3.05, 3.63) is 53.5 Å². The Morgan fingerprint density at radius 2 is 1.34 bits per heavy atom. The van der Waals surface area contributed by atoms with Gasteiger partial charge in [0.15, 0.2) is 11.5 Å². The zero-order valence-corrected chi connectivity index (χ0v) is 18.9. The molecular formula is C22H23ClO9. The standard InChI is InChI=1S/C22H23O5.ClHO4/c1-14-10-16-11-21(25-4)22(26-5)13-18(16)19(27-14)9-7-15-6-8-17(23-2)12-20(15)24-3;2-1(3,4)5/h6-13H,1-5H3;(H,2,3,4,5)/q+1;/p-1/b9-7+;. The second-order valence-corrected chi connectivity index (χ2v) is 7.09. The molecule has 0 fully saturated rings. The molecule has 172 valence electrons. The third kappa shape index (κ3) is 6.98. The normalized spacial score (nSPS) is 11.2. The molecule has 0 aliphatic carbocycles. The van der Waals surface area contributed by atoms with Gasteiger partial charge in [-0.1, -0.05) is 0 Å². The minimum Gasteiger partial charge on any atom is -0.497 e. The lowest BCUT2D eigenvalue weighted by molar-refractivity contribution is -2.00. The number of benzene rings is 2. The molecule has 0 aliphatic heterocycles. The quantitative estimate of drug-likeness (QED) is 0.474. The molecule has 2 aromatic carbocycles. The maximum absolute atomic E-state index is 8.49. The first-order chi connectivity index (χ1) is 15.1. The van der Waals surface area contributed by atoms with Crippen LogP contribution in [0.25, 0.3) is 22.9 Å². The zero-order chi connectivity index (χ0) is 23.9.